The third-order valence-corrected chi connectivity index (χ3v) is 6.46. The van der Waals surface area contributed by atoms with Crippen LogP contribution in [0.25, 0.3) is 10.9 Å². The third-order valence-electron chi connectivity index (χ3n) is 6.46. The van der Waals surface area contributed by atoms with Gasteiger partial charge in [0.25, 0.3) is 0 Å². The Kier molecular flexibility index (Phi) is 6.49. The van der Waals surface area contributed by atoms with Gasteiger partial charge < -0.3 is 26.1 Å². The van der Waals surface area contributed by atoms with Crippen LogP contribution in [0, 0.1) is 17.7 Å². The number of aryl methyl sites for hydroxylation is 1. The Morgan fingerprint density at radius 2 is 1.90 bits per heavy atom. The Hall–Kier alpha value is -2.57. The molecule has 6 nitrogen and oxygen atoms in total. The summed E-state index contributed by atoms with van der Waals surface area (Å²) in [6.07, 6.45) is 8.22. The molecule has 31 heavy (non-hydrogen) atoms. The number of aromatic nitrogens is 1. The van der Waals surface area contributed by atoms with Crippen molar-refractivity contribution in [1.29, 1.82) is 10.8 Å². The van der Waals surface area contributed by atoms with E-state index in [1.54, 1.807) is 19.1 Å². The van der Waals surface area contributed by atoms with Crippen molar-refractivity contribution >= 4 is 28.1 Å². The van der Waals surface area contributed by atoms with Gasteiger partial charge in [-0.3, -0.25) is 0 Å². The molecule has 1 saturated heterocycles. The molecule has 1 aromatic heterocycles. The Morgan fingerprint density at radius 3 is 2.58 bits per heavy atom. The number of anilines is 1. The summed E-state index contributed by atoms with van der Waals surface area (Å²) in [5.74, 6) is 0.855. The zero-order valence-corrected chi connectivity index (χ0v) is 18.5. The second-order valence-electron chi connectivity index (χ2n) is 9.02. The molecule has 2 atom stereocenters. The lowest BCUT2D eigenvalue weighted by atomic mass is 10.0. The maximum atomic E-state index is 10.1. The van der Waals surface area contributed by atoms with Gasteiger partial charge in [0.15, 0.2) is 0 Å². The highest BCUT2D eigenvalue weighted by Gasteiger charge is 2.29. The van der Waals surface area contributed by atoms with Crippen molar-refractivity contribution in [2.45, 2.75) is 64.1 Å². The Labute approximate surface area is 184 Å². The number of piperidine rings is 1. The number of aliphatic hydroxyl groups is 1. The van der Waals surface area contributed by atoms with Crippen LogP contribution in [0.2, 0.25) is 0 Å². The molecule has 164 valence electrons. The topological polar surface area (TPSA) is 96.1 Å². The zero-order chi connectivity index (χ0) is 22.0. The van der Waals surface area contributed by atoms with Crippen LogP contribution < -0.4 is 10.2 Å². The number of fused-ring (bicyclic) bond motifs is 1. The molecule has 1 unspecified atom stereocenters. The van der Waals surface area contributed by atoms with Gasteiger partial charge in [0, 0.05) is 41.8 Å². The van der Waals surface area contributed by atoms with E-state index in [0.29, 0.717) is 17.5 Å². The van der Waals surface area contributed by atoms with Gasteiger partial charge in [-0.2, -0.15) is 0 Å². The number of nitrogens with one attached hydrogen (secondary N) is 3. The summed E-state index contributed by atoms with van der Waals surface area (Å²) < 4.78 is 0. The van der Waals surface area contributed by atoms with E-state index in [-0.39, 0.29) is 12.1 Å². The second kappa shape index (κ2) is 9.28. The number of rotatable bonds is 6. The van der Waals surface area contributed by atoms with Gasteiger partial charge in [0.1, 0.15) is 5.82 Å². The molecule has 1 aliphatic heterocycles. The molecule has 0 amide bonds. The zero-order valence-electron chi connectivity index (χ0n) is 18.5. The van der Waals surface area contributed by atoms with Crippen molar-refractivity contribution in [3.8, 4) is 0 Å². The van der Waals surface area contributed by atoms with Gasteiger partial charge in [-0.1, -0.05) is 11.6 Å². The second-order valence-corrected chi connectivity index (χ2v) is 9.02. The van der Waals surface area contributed by atoms with Gasteiger partial charge >= 0.3 is 0 Å². The number of hydrogen-bond donors (Lipinski definition) is 4. The molecule has 6 heteroatoms. The molecule has 0 radical (unpaired) electrons. The van der Waals surface area contributed by atoms with Crippen LogP contribution in [-0.2, 0) is 0 Å². The first-order valence-electron chi connectivity index (χ1n) is 11.3. The van der Waals surface area contributed by atoms with E-state index in [1.165, 1.54) is 5.56 Å². The fraction of sp³-hybridized carbons (Fsp3) is 0.480. The summed E-state index contributed by atoms with van der Waals surface area (Å²) in [5.41, 5.74) is 3.74. The SMILES string of the molecule is CC(=N)/C=C\C(=N)c1cc2cc(C)ccc2nc1N1CCC(N[C@H]2CCCC2O)CC1. The predicted molar refractivity (Wildman–Crippen MR) is 128 cm³/mol. The van der Waals surface area contributed by atoms with E-state index >= 15 is 0 Å². The number of aliphatic hydroxyl groups excluding tert-OH is 1. The molecule has 2 heterocycles. The predicted octanol–water partition coefficient (Wildman–Crippen LogP) is 3.98. The molecule has 1 saturated carbocycles. The van der Waals surface area contributed by atoms with Crippen LogP contribution in [0.3, 0.4) is 0 Å². The van der Waals surface area contributed by atoms with Crippen molar-refractivity contribution in [2.75, 3.05) is 18.0 Å². The lowest BCUT2D eigenvalue weighted by Gasteiger charge is -2.36. The van der Waals surface area contributed by atoms with Crippen molar-refractivity contribution < 1.29 is 5.11 Å². The average molecular weight is 420 g/mol. The van der Waals surface area contributed by atoms with Crippen LogP contribution in [0.15, 0.2) is 36.4 Å². The maximum Gasteiger partial charge on any atom is 0.138 e. The fourth-order valence-electron chi connectivity index (χ4n) is 4.72. The fourth-order valence-corrected chi connectivity index (χ4v) is 4.72. The van der Waals surface area contributed by atoms with Crippen molar-refractivity contribution in [2.24, 2.45) is 0 Å². The first-order chi connectivity index (χ1) is 14.9. The van der Waals surface area contributed by atoms with Gasteiger partial charge in [-0.15, -0.1) is 0 Å². The average Bonchev–Trinajstić information content (AvgIpc) is 3.16. The van der Waals surface area contributed by atoms with Crippen molar-refractivity contribution in [3.63, 3.8) is 0 Å². The Morgan fingerprint density at radius 1 is 1.13 bits per heavy atom. The minimum Gasteiger partial charge on any atom is -0.392 e. The van der Waals surface area contributed by atoms with Gasteiger partial charge in [0.2, 0.25) is 0 Å². The van der Waals surface area contributed by atoms with E-state index < -0.39 is 0 Å². The number of hydrogen-bond acceptors (Lipinski definition) is 6. The van der Waals surface area contributed by atoms with E-state index in [0.717, 1.165) is 67.5 Å². The molecule has 2 aliphatic rings. The molecular weight excluding hydrogens is 386 g/mol. The highest BCUT2D eigenvalue weighted by molar-refractivity contribution is 6.13. The number of allylic oxidation sites excluding steroid dienone is 2. The summed E-state index contributed by atoms with van der Waals surface area (Å²) in [7, 11) is 0. The Balaban J connectivity index is 1.57. The first-order valence-corrected chi connectivity index (χ1v) is 11.3. The molecule has 0 bridgehead atoms. The smallest absolute Gasteiger partial charge is 0.138 e. The number of benzene rings is 1. The van der Waals surface area contributed by atoms with Gasteiger partial charge in [0.05, 0.1) is 17.3 Å². The number of pyridine rings is 1. The summed E-state index contributed by atoms with van der Waals surface area (Å²) in [6, 6.07) is 8.95. The van der Waals surface area contributed by atoms with Gasteiger partial charge in [-0.05, 0) is 76.3 Å². The van der Waals surface area contributed by atoms with Crippen LogP contribution in [-0.4, -0.2) is 52.8 Å². The summed E-state index contributed by atoms with van der Waals surface area (Å²) in [4.78, 5) is 7.25. The molecule has 4 rings (SSSR count). The summed E-state index contributed by atoms with van der Waals surface area (Å²) >= 11 is 0. The number of nitrogens with zero attached hydrogens (tertiary/aromatic N) is 2. The maximum absolute atomic E-state index is 10.1. The minimum absolute atomic E-state index is 0.209. The summed E-state index contributed by atoms with van der Waals surface area (Å²) in [5, 5.41) is 31.1. The molecule has 2 aromatic rings. The molecule has 1 aromatic carbocycles. The Bertz CT molecular complexity index is 1010. The third kappa shape index (κ3) is 5.02. The first kappa shape index (κ1) is 21.7. The highest BCUT2D eigenvalue weighted by Crippen LogP contribution is 2.28. The van der Waals surface area contributed by atoms with Gasteiger partial charge in [-0.25, -0.2) is 4.98 Å². The molecule has 4 N–H and O–H groups in total. The van der Waals surface area contributed by atoms with Crippen molar-refractivity contribution in [1.82, 2.24) is 10.3 Å². The van der Waals surface area contributed by atoms with Crippen LogP contribution >= 0.6 is 0 Å². The van der Waals surface area contributed by atoms with Crippen LogP contribution in [0.1, 0.15) is 50.2 Å². The molecular formula is C25H33N5O. The van der Waals surface area contributed by atoms with Crippen LogP contribution in [0.4, 0.5) is 5.82 Å². The standard InChI is InChI=1S/C25H33N5O/c1-16-6-9-22-18(14-16)15-20(21(27)8-7-17(2)26)25(29-22)30-12-10-19(11-13-30)28-23-4-3-5-24(23)31/h6-9,14-15,19,23-24,26-28,31H,3-5,10-13H2,1-2H3/b8-7-,26-17?,27-21?/t23-,24?/m0/s1. The van der Waals surface area contributed by atoms with E-state index in [9.17, 15) is 5.11 Å². The van der Waals surface area contributed by atoms with E-state index in [2.05, 4.69) is 41.4 Å². The molecule has 1 aliphatic carbocycles. The monoisotopic (exact) mass is 419 g/mol. The largest absolute Gasteiger partial charge is 0.392 e. The minimum atomic E-state index is -0.209. The highest BCUT2D eigenvalue weighted by atomic mass is 16.3. The summed E-state index contributed by atoms with van der Waals surface area (Å²) in [6.45, 7) is 5.53. The van der Waals surface area contributed by atoms with E-state index in [4.69, 9.17) is 15.8 Å². The normalized spacial score (nSPS) is 22.5. The quantitative estimate of drug-likeness (QED) is 0.533. The van der Waals surface area contributed by atoms with E-state index in [1.807, 2.05) is 0 Å². The lowest BCUT2D eigenvalue weighted by Crippen LogP contribution is -2.48. The van der Waals surface area contributed by atoms with Crippen molar-refractivity contribution in [3.05, 3.63) is 47.5 Å². The molecule has 0 spiro atoms. The van der Waals surface area contributed by atoms with Crippen LogP contribution in [0.5, 0.6) is 0 Å². The molecule has 2 fully saturated rings. The lowest BCUT2D eigenvalue weighted by molar-refractivity contribution is 0.140.